The molecule has 3 nitrogen and oxygen atoms in total. The monoisotopic (exact) mass is 272 g/mol. The first-order chi connectivity index (χ1) is 6.98. The Balaban J connectivity index is 3.00. The largest absolute Gasteiger partial charge is 0.481 e. The highest BCUT2D eigenvalue weighted by molar-refractivity contribution is 9.10. The fourth-order valence-electron chi connectivity index (χ4n) is 1.44. The number of hydrogen-bond acceptors (Lipinski definition) is 2. The van der Waals surface area contributed by atoms with Crippen molar-refractivity contribution in [2.24, 2.45) is 0 Å². The first-order valence-electron chi connectivity index (χ1n) is 4.56. The molecule has 0 spiro atoms. The molecule has 0 aliphatic rings. The van der Waals surface area contributed by atoms with Crippen LogP contribution in [0.3, 0.4) is 0 Å². The van der Waals surface area contributed by atoms with Crippen LogP contribution in [0.2, 0.25) is 0 Å². The number of halogens is 1. The van der Waals surface area contributed by atoms with Gasteiger partial charge >= 0.3 is 5.97 Å². The number of aliphatic carboxylic acids is 1. The van der Waals surface area contributed by atoms with Crippen molar-refractivity contribution in [2.45, 2.75) is 18.8 Å². The summed E-state index contributed by atoms with van der Waals surface area (Å²) in [7, 11) is 0. The maximum Gasteiger partial charge on any atom is 0.304 e. The molecule has 0 aliphatic carbocycles. The van der Waals surface area contributed by atoms with E-state index >= 15 is 0 Å². The summed E-state index contributed by atoms with van der Waals surface area (Å²) in [6, 6.07) is 7.32. The Bertz CT molecular complexity index is 347. The van der Waals surface area contributed by atoms with Gasteiger partial charge in [0.15, 0.2) is 0 Å². The summed E-state index contributed by atoms with van der Waals surface area (Å²) in [6.07, 6.45) is -0.0782. The van der Waals surface area contributed by atoms with Crippen molar-refractivity contribution < 1.29 is 15.0 Å². The lowest BCUT2D eigenvalue weighted by Crippen LogP contribution is -2.29. The van der Waals surface area contributed by atoms with E-state index in [1.165, 1.54) is 0 Å². The summed E-state index contributed by atoms with van der Waals surface area (Å²) in [6.45, 7) is 1.56. The predicted octanol–water partition coefficient (Wildman–Crippen LogP) is 2.17. The molecule has 2 N–H and O–H groups in total. The van der Waals surface area contributed by atoms with Gasteiger partial charge in [-0.05, 0) is 17.7 Å². The molecule has 0 heterocycles. The molecule has 0 radical (unpaired) electrons. The molecular formula is C11H13BrO3. The summed E-state index contributed by atoms with van der Waals surface area (Å²) in [5.74, 6) is -0.908. The third-order valence-electron chi connectivity index (χ3n) is 2.43. The summed E-state index contributed by atoms with van der Waals surface area (Å²) >= 11 is 3.31. The fraction of sp³-hybridized carbons (Fsp3) is 0.364. The highest BCUT2D eigenvalue weighted by Gasteiger charge is 2.28. The lowest BCUT2D eigenvalue weighted by Gasteiger charge is -2.25. The Morgan fingerprint density at radius 2 is 1.93 bits per heavy atom. The second-order valence-electron chi connectivity index (χ2n) is 3.80. The van der Waals surface area contributed by atoms with Gasteiger partial charge < -0.3 is 10.2 Å². The van der Waals surface area contributed by atoms with Gasteiger partial charge in [0.25, 0.3) is 0 Å². The summed E-state index contributed by atoms with van der Waals surface area (Å²) in [4.78, 5) is 10.7. The third kappa shape index (κ3) is 3.04. The van der Waals surface area contributed by atoms with E-state index in [-0.39, 0.29) is 13.0 Å². The summed E-state index contributed by atoms with van der Waals surface area (Å²) in [5.41, 5.74) is 0.114. The van der Waals surface area contributed by atoms with Gasteiger partial charge in [0.05, 0.1) is 13.0 Å². The van der Waals surface area contributed by atoms with Gasteiger partial charge in [0.1, 0.15) is 0 Å². The van der Waals surface area contributed by atoms with Crippen LogP contribution in [0.15, 0.2) is 28.7 Å². The molecule has 1 aromatic rings. The Kier molecular flexibility index (Phi) is 3.88. The number of rotatable bonds is 4. The van der Waals surface area contributed by atoms with Crippen LogP contribution in [-0.4, -0.2) is 22.8 Å². The van der Waals surface area contributed by atoms with E-state index in [9.17, 15) is 9.90 Å². The molecule has 0 bridgehead atoms. The Hall–Kier alpha value is -0.870. The van der Waals surface area contributed by atoms with Crippen LogP contribution in [0.4, 0.5) is 0 Å². The molecule has 1 atom stereocenters. The smallest absolute Gasteiger partial charge is 0.304 e. The average molecular weight is 273 g/mol. The highest BCUT2D eigenvalue weighted by Crippen LogP contribution is 2.28. The normalized spacial score (nSPS) is 14.6. The minimum absolute atomic E-state index is 0.0782. The number of carboxylic acid groups (broad SMARTS) is 1. The van der Waals surface area contributed by atoms with Gasteiger partial charge in [-0.3, -0.25) is 4.79 Å². The van der Waals surface area contributed by atoms with Gasteiger partial charge in [-0.2, -0.15) is 0 Å². The lowest BCUT2D eigenvalue weighted by molar-refractivity contribution is -0.138. The SMILES string of the molecule is CC(CO)(CC(=O)O)c1ccc(Br)cc1. The van der Waals surface area contributed by atoms with Gasteiger partial charge in [0, 0.05) is 9.89 Å². The molecule has 82 valence electrons. The Morgan fingerprint density at radius 3 is 2.33 bits per heavy atom. The molecule has 4 heteroatoms. The number of carbonyl (C=O) groups is 1. The lowest BCUT2D eigenvalue weighted by atomic mass is 9.80. The molecule has 1 aromatic carbocycles. The second kappa shape index (κ2) is 4.77. The van der Waals surface area contributed by atoms with Crippen molar-refractivity contribution in [2.75, 3.05) is 6.61 Å². The van der Waals surface area contributed by atoms with Crippen molar-refractivity contribution in [3.8, 4) is 0 Å². The number of hydrogen-bond donors (Lipinski definition) is 2. The zero-order valence-corrected chi connectivity index (χ0v) is 9.99. The first-order valence-corrected chi connectivity index (χ1v) is 5.36. The highest BCUT2D eigenvalue weighted by atomic mass is 79.9. The van der Waals surface area contributed by atoms with Crippen molar-refractivity contribution in [1.29, 1.82) is 0 Å². The first kappa shape index (κ1) is 12.2. The van der Waals surface area contributed by atoms with Gasteiger partial charge in [-0.15, -0.1) is 0 Å². The Labute approximate surface area is 96.9 Å². The van der Waals surface area contributed by atoms with Crippen LogP contribution in [0.1, 0.15) is 18.9 Å². The van der Waals surface area contributed by atoms with E-state index in [1.807, 2.05) is 24.3 Å². The fourth-order valence-corrected chi connectivity index (χ4v) is 1.70. The molecule has 0 saturated heterocycles. The molecule has 1 rings (SSSR count). The Morgan fingerprint density at radius 1 is 1.40 bits per heavy atom. The standard InChI is InChI=1S/C11H13BrO3/c1-11(7-13,6-10(14)15)8-2-4-9(12)5-3-8/h2-5,13H,6-7H2,1H3,(H,14,15). The third-order valence-corrected chi connectivity index (χ3v) is 2.96. The molecule has 0 aromatic heterocycles. The zero-order chi connectivity index (χ0) is 11.5. The molecule has 0 fully saturated rings. The molecule has 0 aliphatic heterocycles. The second-order valence-corrected chi connectivity index (χ2v) is 4.71. The minimum atomic E-state index is -0.908. The molecule has 0 saturated carbocycles. The van der Waals surface area contributed by atoms with Gasteiger partial charge in [0.2, 0.25) is 0 Å². The number of aliphatic hydroxyl groups excluding tert-OH is 1. The van der Waals surface area contributed by atoms with Gasteiger partial charge in [-0.1, -0.05) is 35.0 Å². The van der Waals surface area contributed by atoms with E-state index in [2.05, 4.69) is 15.9 Å². The van der Waals surface area contributed by atoms with E-state index in [1.54, 1.807) is 6.92 Å². The number of benzene rings is 1. The maximum atomic E-state index is 10.7. The number of carboxylic acids is 1. The van der Waals surface area contributed by atoms with Crippen LogP contribution in [-0.2, 0) is 10.2 Å². The quantitative estimate of drug-likeness (QED) is 0.884. The van der Waals surface area contributed by atoms with E-state index in [4.69, 9.17) is 5.11 Å². The summed E-state index contributed by atoms with van der Waals surface area (Å²) < 4.78 is 0.932. The number of aliphatic hydroxyl groups is 1. The predicted molar refractivity (Wildman–Crippen MR) is 60.8 cm³/mol. The topological polar surface area (TPSA) is 57.5 Å². The average Bonchev–Trinajstić information content (AvgIpc) is 2.17. The van der Waals surface area contributed by atoms with Crippen LogP contribution in [0.5, 0.6) is 0 Å². The summed E-state index contributed by atoms with van der Waals surface area (Å²) in [5, 5.41) is 18.1. The molecule has 15 heavy (non-hydrogen) atoms. The van der Waals surface area contributed by atoms with Crippen molar-refractivity contribution in [1.82, 2.24) is 0 Å². The van der Waals surface area contributed by atoms with Crippen molar-refractivity contribution in [3.05, 3.63) is 34.3 Å². The molecular weight excluding hydrogens is 260 g/mol. The van der Waals surface area contributed by atoms with E-state index in [0.29, 0.717) is 0 Å². The van der Waals surface area contributed by atoms with Gasteiger partial charge in [-0.25, -0.2) is 0 Å². The van der Waals surface area contributed by atoms with Crippen LogP contribution in [0, 0.1) is 0 Å². The van der Waals surface area contributed by atoms with E-state index in [0.717, 1.165) is 10.0 Å². The van der Waals surface area contributed by atoms with Crippen molar-refractivity contribution >= 4 is 21.9 Å². The van der Waals surface area contributed by atoms with Crippen LogP contribution < -0.4 is 0 Å². The van der Waals surface area contributed by atoms with Crippen LogP contribution >= 0.6 is 15.9 Å². The molecule has 1 unspecified atom stereocenters. The minimum Gasteiger partial charge on any atom is -0.481 e. The molecule has 0 amide bonds. The van der Waals surface area contributed by atoms with Crippen molar-refractivity contribution in [3.63, 3.8) is 0 Å². The van der Waals surface area contributed by atoms with E-state index < -0.39 is 11.4 Å². The maximum absolute atomic E-state index is 10.7. The zero-order valence-electron chi connectivity index (χ0n) is 8.40. The van der Waals surface area contributed by atoms with Crippen LogP contribution in [0.25, 0.3) is 0 Å².